The zero-order valence-electron chi connectivity index (χ0n) is 7.43. The largest absolute Gasteiger partial charge is 0.481 e. The molecular formula is C8H9BrF2N2O. The molecule has 0 aliphatic heterocycles. The predicted octanol–water partition coefficient (Wildman–Crippen LogP) is 2.50. The lowest BCUT2D eigenvalue weighted by atomic mass is 10.2. The summed E-state index contributed by atoms with van der Waals surface area (Å²) >= 11 is 3.15. The summed E-state index contributed by atoms with van der Waals surface area (Å²) in [6.45, 7) is 0. The van der Waals surface area contributed by atoms with Crippen molar-refractivity contribution in [3.8, 4) is 5.88 Å². The van der Waals surface area contributed by atoms with Crippen molar-refractivity contribution in [2.45, 2.75) is 11.8 Å². The van der Waals surface area contributed by atoms with Gasteiger partial charge in [-0.05, 0) is 6.07 Å². The van der Waals surface area contributed by atoms with Gasteiger partial charge in [-0.3, -0.25) is 0 Å². The van der Waals surface area contributed by atoms with Gasteiger partial charge in [0.25, 0.3) is 6.43 Å². The molecule has 0 amide bonds. The third-order valence-electron chi connectivity index (χ3n) is 1.69. The van der Waals surface area contributed by atoms with Crippen molar-refractivity contribution in [1.82, 2.24) is 4.98 Å². The molecule has 0 radical (unpaired) electrons. The van der Waals surface area contributed by atoms with Gasteiger partial charge in [0, 0.05) is 10.9 Å². The van der Waals surface area contributed by atoms with Crippen molar-refractivity contribution in [2.24, 2.45) is 0 Å². The Kier molecular flexibility index (Phi) is 3.62. The summed E-state index contributed by atoms with van der Waals surface area (Å²) in [6, 6.07) is 1.29. The highest BCUT2D eigenvalue weighted by molar-refractivity contribution is 9.08. The number of rotatable bonds is 3. The monoisotopic (exact) mass is 266 g/mol. The molecule has 0 bridgehead atoms. The fraction of sp³-hybridized carbons (Fsp3) is 0.375. The van der Waals surface area contributed by atoms with E-state index in [1.165, 1.54) is 13.2 Å². The maximum absolute atomic E-state index is 12.4. The maximum atomic E-state index is 12.4. The van der Waals surface area contributed by atoms with Crippen molar-refractivity contribution >= 4 is 21.7 Å². The maximum Gasteiger partial charge on any atom is 0.267 e. The van der Waals surface area contributed by atoms with E-state index in [-0.39, 0.29) is 17.3 Å². The number of nitrogens with two attached hydrogens (primary N) is 1. The zero-order valence-corrected chi connectivity index (χ0v) is 9.01. The second-order valence-electron chi connectivity index (χ2n) is 2.57. The summed E-state index contributed by atoms with van der Waals surface area (Å²) in [5.74, 6) is 0.0744. The van der Waals surface area contributed by atoms with Crippen LogP contribution in [0.1, 0.15) is 17.6 Å². The van der Waals surface area contributed by atoms with Crippen molar-refractivity contribution in [2.75, 3.05) is 12.8 Å². The van der Waals surface area contributed by atoms with Gasteiger partial charge in [0.2, 0.25) is 5.88 Å². The fourth-order valence-corrected chi connectivity index (χ4v) is 1.42. The Morgan fingerprint density at radius 1 is 1.64 bits per heavy atom. The van der Waals surface area contributed by atoms with Gasteiger partial charge in [0.1, 0.15) is 5.82 Å². The van der Waals surface area contributed by atoms with Gasteiger partial charge in [0.15, 0.2) is 0 Å². The molecule has 2 N–H and O–H groups in total. The molecule has 1 rings (SSSR count). The van der Waals surface area contributed by atoms with Gasteiger partial charge in [-0.25, -0.2) is 8.78 Å². The molecule has 0 aliphatic rings. The SMILES string of the molecule is COc1nc(N)c(C(F)F)cc1CBr. The van der Waals surface area contributed by atoms with Crippen LogP contribution in [0.5, 0.6) is 5.88 Å². The van der Waals surface area contributed by atoms with Crippen LogP contribution in [0.25, 0.3) is 0 Å². The van der Waals surface area contributed by atoms with Crippen LogP contribution < -0.4 is 10.5 Å². The second-order valence-corrected chi connectivity index (χ2v) is 3.13. The minimum Gasteiger partial charge on any atom is -0.481 e. The highest BCUT2D eigenvalue weighted by Crippen LogP contribution is 2.29. The number of hydrogen-bond donors (Lipinski definition) is 1. The lowest BCUT2D eigenvalue weighted by Crippen LogP contribution is -2.03. The highest BCUT2D eigenvalue weighted by Gasteiger charge is 2.16. The van der Waals surface area contributed by atoms with Crippen LogP contribution in [0.4, 0.5) is 14.6 Å². The average Bonchev–Trinajstić information content (AvgIpc) is 2.16. The minimum atomic E-state index is -2.62. The number of ether oxygens (including phenoxy) is 1. The van der Waals surface area contributed by atoms with Crippen LogP contribution in [0, 0.1) is 0 Å². The lowest BCUT2D eigenvalue weighted by molar-refractivity contribution is 0.151. The molecule has 0 spiro atoms. The minimum absolute atomic E-state index is 0.193. The van der Waals surface area contributed by atoms with E-state index in [0.29, 0.717) is 10.9 Å². The summed E-state index contributed by atoms with van der Waals surface area (Å²) in [5, 5.41) is 0.392. The van der Waals surface area contributed by atoms with Crippen LogP contribution in [-0.4, -0.2) is 12.1 Å². The molecular weight excluding hydrogens is 258 g/mol. The predicted molar refractivity (Wildman–Crippen MR) is 52.8 cm³/mol. The first-order valence-corrected chi connectivity index (χ1v) is 4.89. The smallest absolute Gasteiger partial charge is 0.267 e. The Morgan fingerprint density at radius 2 is 2.29 bits per heavy atom. The van der Waals surface area contributed by atoms with Gasteiger partial charge in [0.05, 0.1) is 12.7 Å². The highest BCUT2D eigenvalue weighted by atomic mass is 79.9. The molecule has 1 heterocycles. The summed E-state index contributed by atoms with van der Waals surface area (Å²) in [5.41, 5.74) is 5.62. The van der Waals surface area contributed by atoms with E-state index in [1.54, 1.807) is 0 Å². The quantitative estimate of drug-likeness (QED) is 0.856. The average molecular weight is 267 g/mol. The number of aromatic nitrogens is 1. The van der Waals surface area contributed by atoms with Crippen molar-refractivity contribution in [3.63, 3.8) is 0 Å². The number of methoxy groups -OCH3 is 1. The van der Waals surface area contributed by atoms with Gasteiger partial charge in [-0.1, -0.05) is 15.9 Å². The number of nitrogens with zero attached hydrogens (tertiary/aromatic N) is 1. The molecule has 0 aliphatic carbocycles. The zero-order chi connectivity index (χ0) is 10.7. The third kappa shape index (κ3) is 2.12. The van der Waals surface area contributed by atoms with Crippen molar-refractivity contribution in [3.05, 3.63) is 17.2 Å². The summed E-state index contributed by atoms with van der Waals surface area (Å²) in [6.07, 6.45) is -2.62. The summed E-state index contributed by atoms with van der Waals surface area (Å²) in [7, 11) is 1.41. The van der Waals surface area contributed by atoms with E-state index in [1.807, 2.05) is 0 Å². The van der Waals surface area contributed by atoms with E-state index >= 15 is 0 Å². The number of halogens is 3. The molecule has 3 nitrogen and oxygen atoms in total. The number of hydrogen-bond acceptors (Lipinski definition) is 3. The standard InChI is InChI=1S/C8H9BrF2N2O/c1-14-8-4(3-9)2-5(6(10)11)7(12)13-8/h2,6H,3H2,1H3,(H2,12,13). The summed E-state index contributed by atoms with van der Waals surface area (Å²) < 4.78 is 29.7. The van der Waals surface area contributed by atoms with Crippen LogP contribution in [0.3, 0.4) is 0 Å². The van der Waals surface area contributed by atoms with Crippen LogP contribution in [0.2, 0.25) is 0 Å². The molecule has 1 aromatic heterocycles. The van der Waals surface area contributed by atoms with E-state index in [2.05, 4.69) is 20.9 Å². The molecule has 1 aromatic rings. The Balaban J connectivity index is 3.23. The molecule has 0 saturated carbocycles. The van der Waals surface area contributed by atoms with E-state index < -0.39 is 6.43 Å². The fourth-order valence-electron chi connectivity index (χ4n) is 1.02. The normalized spacial score (nSPS) is 10.6. The number of anilines is 1. The first-order valence-electron chi connectivity index (χ1n) is 3.77. The van der Waals surface area contributed by atoms with Gasteiger partial charge >= 0.3 is 0 Å². The van der Waals surface area contributed by atoms with Gasteiger partial charge in [-0.2, -0.15) is 4.98 Å². The van der Waals surface area contributed by atoms with E-state index in [9.17, 15) is 8.78 Å². The van der Waals surface area contributed by atoms with E-state index in [4.69, 9.17) is 10.5 Å². The Labute approximate surface area is 88.4 Å². The first kappa shape index (κ1) is 11.2. The number of alkyl halides is 3. The Morgan fingerprint density at radius 3 is 2.71 bits per heavy atom. The molecule has 6 heteroatoms. The molecule has 0 saturated heterocycles. The van der Waals surface area contributed by atoms with Gasteiger partial charge in [-0.15, -0.1) is 0 Å². The number of pyridine rings is 1. The molecule has 78 valence electrons. The van der Waals surface area contributed by atoms with Gasteiger partial charge < -0.3 is 10.5 Å². The van der Waals surface area contributed by atoms with E-state index in [0.717, 1.165) is 0 Å². The topological polar surface area (TPSA) is 48.1 Å². The molecule has 0 atom stereocenters. The molecule has 0 unspecified atom stereocenters. The Bertz CT molecular complexity index is 333. The van der Waals surface area contributed by atoms with Crippen LogP contribution >= 0.6 is 15.9 Å². The third-order valence-corrected chi connectivity index (χ3v) is 2.30. The first-order chi connectivity index (χ1) is 6.60. The van der Waals surface area contributed by atoms with Crippen molar-refractivity contribution < 1.29 is 13.5 Å². The molecule has 0 fully saturated rings. The Hall–Kier alpha value is -0.910. The lowest BCUT2D eigenvalue weighted by Gasteiger charge is -2.09. The number of nitrogen functional groups attached to an aromatic ring is 1. The molecule has 0 aromatic carbocycles. The summed E-state index contributed by atoms with van der Waals surface area (Å²) in [4.78, 5) is 3.73. The second kappa shape index (κ2) is 4.54. The van der Waals surface area contributed by atoms with Crippen molar-refractivity contribution in [1.29, 1.82) is 0 Å². The van der Waals surface area contributed by atoms with Crippen LogP contribution in [-0.2, 0) is 5.33 Å². The molecule has 14 heavy (non-hydrogen) atoms. The van der Waals surface area contributed by atoms with Crippen LogP contribution in [0.15, 0.2) is 6.07 Å².